The number of nitrogens with one attached hydrogen (secondary N) is 1. The third kappa shape index (κ3) is 5.15. The summed E-state index contributed by atoms with van der Waals surface area (Å²) >= 11 is 0. The van der Waals surface area contributed by atoms with E-state index >= 15 is 0 Å². The Hall–Kier alpha value is -1.60. The maximum Gasteiger partial charge on any atom is 0.387 e. The Bertz CT molecular complexity index is 406. The zero-order valence-electron chi connectivity index (χ0n) is 10.5. The molecule has 0 saturated carbocycles. The van der Waals surface area contributed by atoms with E-state index < -0.39 is 6.61 Å². The van der Waals surface area contributed by atoms with Crippen molar-refractivity contribution >= 4 is 0 Å². The van der Waals surface area contributed by atoms with Gasteiger partial charge in [0.2, 0.25) is 0 Å². The lowest BCUT2D eigenvalue weighted by atomic mass is 10.1. The summed E-state index contributed by atoms with van der Waals surface area (Å²) in [7, 11) is 0. The van der Waals surface area contributed by atoms with E-state index in [1.165, 1.54) is 0 Å². The number of alkyl halides is 2. The average molecular weight is 253 g/mol. The molecule has 1 N–H and O–H groups in total. The summed E-state index contributed by atoms with van der Waals surface area (Å²) in [5, 5.41) is 3.30. The van der Waals surface area contributed by atoms with Crippen molar-refractivity contribution in [2.75, 3.05) is 6.54 Å². The highest BCUT2D eigenvalue weighted by Gasteiger charge is 2.06. The van der Waals surface area contributed by atoms with Crippen LogP contribution in [0.25, 0.3) is 0 Å². The van der Waals surface area contributed by atoms with Crippen molar-refractivity contribution in [2.24, 2.45) is 0 Å². The Morgan fingerprint density at radius 2 is 1.94 bits per heavy atom. The third-order valence-electron chi connectivity index (χ3n) is 2.48. The molecule has 2 nitrogen and oxygen atoms in total. The van der Waals surface area contributed by atoms with E-state index in [1.54, 1.807) is 24.3 Å². The fourth-order valence-electron chi connectivity index (χ4n) is 1.53. The number of rotatable bonds is 6. The van der Waals surface area contributed by atoms with Crippen LogP contribution >= 0.6 is 0 Å². The van der Waals surface area contributed by atoms with Crippen LogP contribution in [0.3, 0.4) is 0 Å². The summed E-state index contributed by atoms with van der Waals surface area (Å²) in [6.07, 6.45) is 0.799. The van der Waals surface area contributed by atoms with Gasteiger partial charge in [0.25, 0.3) is 0 Å². The van der Waals surface area contributed by atoms with Crippen molar-refractivity contribution in [3.8, 4) is 17.6 Å². The van der Waals surface area contributed by atoms with Crippen LogP contribution in [0.2, 0.25) is 0 Å². The molecule has 4 heteroatoms. The minimum absolute atomic E-state index is 0.157. The second-order valence-corrected chi connectivity index (χ2v) is 3.80. The average Bonchev–Trinajstić information content (AvgIpc) is 2.34. The van der Waals surface area contributed by atoms with Crippen LogP contribution in [0.5, 0.6) is 5.75 Å². The lowest BCUT2D eigenvalue weighted by Crippen LogP contribution is -2.19. The van der Waals surface area contributed by atoms with Crippen LogP contribution in [-0.2, 0) is 0 Å². The standard InChI is InChI=1S/C14H17F2NO/c1-3-4-5-10-17-11(2)12-6-8-13(9-7-12)18-14(15)16/h6-9,11,14,17H,5,10H2,1-2H3. The van der Waals surface area contributed by atoms with Gasteiger partial charge in [0.05, 0.1) is 0 Å². The van der Waals surface area contributed by atoms with Crippen LogP contribution in [0, 0.1) is 11.8 Å². The van der Waals surface area contributed by atoms with Gasteiger partial charge in [-0.3, -0.25) is 0 Å². The zero-order chi connectivity index (χ0) is 13.4. The van der Waals surface area contributed by atoms with Gasteiger partial charge in [-0.15, -0.1) is 11.8 Å². The Morgan fingerprint density at radius 3 is 2.50 bits per heavy atom. The highest BCUT2D eigenvalue weighted by atomic mass is 19.3. The summed E-state index contributed by atoms with van der Waals surface area (Å²) in [4.78, 5) is 0. The molecule has 0 heterocycles. The van der Waals surface area contributed by atoms with Gasteiger partial charge in [-0.2, -0.15) is 8.78 Å². The predicted octanol–water partition coefficient (Wildman–Crippen LogP) is 3.35. The van der Waals surface area contributed by atoms with Crippen LogP contribution in [0.4, 0.5) is 8.78 Å². The van der Waals surface area contributed by atoms with Crippen molar-refractivity contribution in [3.63, 3.8) is 0 Å². The van der Waals surface area contributed by atoms with Gasteiger partial charge < -0.3 is 10.1 Å². The second kappa shape index (κ2) is 7.67. The third-order valence-corrected chi connectivity index (χ3v) is 2.48. The number of hydrogen-bond donors (Lipinski definition) is 1. The molecular formula is C14H17F2NO. The molecule has 1 rings (SSSR count). The van der Waals surface area contributed by atoms with E-state index in [9.17, 15) is 8.78 Å². The first-order valence-electron chi connectivity index (χ1n) is 5.81. The molecule has 18 heavy (non-hydrogen) atoms. The van der Waals surface area contributed by atoms with Crippen molar-refractivity contribution in [3.05, 3.63) is 29.8 Å². The molecule has 0 aromatic heterocycles. The van der Waals surface area contributed by atoms with Crippen molar-refractivity contribution < 1.29 is 13.5 Å². The maximum atomic E-state index is 12.0. The molecule has 0 aliphatic rings. The Labute approximate surface area is 106 Å². The van der Waals surface area contributed by atoms with Gasteiger partial charge in [0, 0.05) is 19.0 Å². The highest BCUT2D eigenvalue weighted by Crippen LogP contribution is 2.18. The van der Waals surface area contributed by atoms with Crippen molar-refractivity contribution in [2.45, 2.75) is 32.9 Å². The molecule has 0 radical (unpaired) electrons. The van der Waals surface area contributed by atoms with Gasteiger partial charge in [-0.05, 0) is 31.5 Å². The Kier molecular flexibility index (Phi) is 6.16. The number of ether oxygens (including phenoxy) is 1. The number of benzene rings is 1. The van der Waals surface area contributed by atoms with Gasteiger partial charge in [-0.25, -0.2) is 0 Å². The molecule has 0 fully saturated rings. The molecule has 1 atom stereocenters. The summed E-state index contributed by atoms with van der Waals surface area (Å²) < 4.78 is 28.2. The molecule has 0 bridgehead atoms. The van der Waals surface area contributed by atoms with Crippen LogP contribution < -0.4 is 10.1 Å². The first-order chi connectivity index (χ1) is 8.63. The van der Waals surface area contributed by atoms with Gasteiger partial charge >= 0.3 is 6.61 Å². The Balaban J connectivity index is 2.47. The van der Waals surface area contributed by atoms with E-state index in [1.807, 2.05) is 13.8 Å². The molecule has 0 saturated heterocycles. The van der Waals surface area contributed by atoms with E-state index in [-0.39, 0.29) is 11.8 Å². The van der Waals surface area contributed by atoms with Gasteiger partial charge in [0.1, 0.15) is 5.75 Å². The summed E-state index contributed by atoms with van der Waals surface area (Å²) in [5.41, 5.74) is 1.03. The lowest BCUT2D eigenvalue weighted by molar-refractivity contribution is -0.0498. The molecule has 1 aromatic carbocycles. The molecule has 1 unspecified atom stereocenters. The number of halogens is 2. The topological polar surface area (TPSA) is 21.3 Å². The smallest absolute Gasteiger partial charge is 0.387 e. The van der Waals surface area contributed by atoms with Crippen LogP contribution in [0.1, 0.15) is 31.9 Å². The quantitative estimate of drug-likeness (QED) is 0.620. The second-order valence-electron chi connectivity index (χ2n) is 3.80. The minimum atomic E-state index is -2.78. The van der Waals surface area contributed by atoms with E-state index in [2.05, 4.69) is 21.9 Å². The normalized spacial score (nSPS) is 11.8. The first kappa shape index (κ1) is 14.5. The number of hydrogen-bond acceptors (Lipinski definition) is 2. The largest absolute Gasteiger partial charge is 0.435 e. The van der Waals surface area contributed by atoms with Crippen molar-refractivity contribution in [1.29, 1.82) is 0 Å². The molecule has 0 amide bonds. The van der Waals surface area contributed by atoms with E-state index in [4.69, 9.17) is 0 Å². The Morgan fingerprint density at radius 1 is 1.28 bits per heavy atom. The van der Waals surface area contributed by atoms with Gasteiger partial charge in [0.15, 0.2) is 0 Å². The molecule has 98 valence electrons. The molecule has 0 spiro atoms. The molecule has 0 aliphatic heterocycles. The SMILES string of the molecule is CC#CCCNC(C)c1ccc(OC(F)F)cc1. The molecule has 0 aliphatic carbocycles. The lowest BCUT2D eigenvalue weighted by Gasteiger charge is -2.14. The van der Waals surface area contributed by atoms with Gasteiger partial charge in [-0.1, -0.05) is 12.1 Å². The maximum absolute atomic E-state index is 12.0. The summed E-state index contributed by atoms with van der Waals surface area (Å²) in [6, 6.07) is 6.81. The summed E-state index contributed by atoms with van der Waals surface area (Å²) in [6.45, 7) is 1.85. The highest BCUT2D eigenvalue weighted by molar-refractivity contribution is 5.28. The summed E-state index contributed by atoms with van der Waals surface area (Å²) in [5.74, 6) is 5.98. The van der Waals surface area contributed by atoms with E-state index in [0.29, 0.717) is 0 Å². The van der Waals surface area contributed by atoms with Crippen LogP contribution in [0.15, 0.2) is 24.3 Å². The van der Waals surface area contributed by atoms with E-state index in [0.717, 1.165) is 18.5 Å². The minimum Gasteiger partial charge on any atom is -0.435 e. The fraction of sp³-hybridized carbons (Fsp3) is 0.429. The molecule has 1 aromatic rings. The predicted molar refractivity (Wildman–Crippen MR) is 67.6 cm³/mol. The first-order valence-corrected chi connectivity index (χ1v) is 5.81. The monoisotopic (exact) mass is 253 g/mol. The van der Waals surface area contributed by atoms with Crippen LogP contribution in [-0.4, -0.2) is 13.2 Å². The zero-order valence-corrected chi connectivity index (χ0v) is 10.5. The van der Waals surface area contributed by atoms with Crippen molar-refractivity contribution in [1.82, 2.24) is 5.32 Å². The fourth-order valence-corrected chi connectivity index (χ4v) is 1.53. The molecular weight excluding hydrogens is 236 g/mol.